The van der Waals surface area contributed by atoms with Crippen LogP contribution < -0.4 is 21.3 Å². The van der Waals surface area contributed by atoms with Crippen molar-refractivity contribution in [1.29, 1.82) is 0 Å². The normalized spacial score (nSPS) is 12.3. The van der Waals surface area contributed by atoms with E-state index in [1.807, 2.05) is 48.5 Å². The van der Waals surface area contributed by atoms with E-state index in [0.717, 1.165) is 20.2 Å². The van der Waals surface area contributed by atoms with E-state index in [2.05, 4.69) is 21.3 Å². The van der Waals surface area contributed by atoms with Crippen LogP contribution >= 0.6 is 22.7 Å². The van der Waals surface area contributed by atoms with Gasteiger partial charge in [-0.3, -0.25) is 24.0 Å². The lowest BCUT2D eigenvalue weighted by molar-refractivity contribution is -0.138. The molecule has 4 amide bonds. The van der Waals surface area contributed by atoms with Crippen molar-refractivity contribution in [3.63, 3.8) is 0 Å². The average molecular weight is 645 g/mol. The standard InChI is InChI=1S/C32H28N4O7S2/c37-21-11-9-18(10-12-21)13-22(35-31(42)26-14-19-5-1-3-7-24(19)44-26)29(40)33-16-23(30(41)34-17-28(38)39)36-32(43)27-15-20-6-2-4-8-25(20)45-27/h1-12,14-15,22-23,37H,13,16-17H2,(H,33,40)(H,34,41)(H,35,42)(H,36,43)(H,38,39)/t22-,23?/m1/s1. The number of fused-ring (bicyclic) bond motifs is 2. The first-order valence-electron chi connectivity index (χ1n) is 13.8. The van der Waals surface area contributed by atoms with Gasteiger partial charge in [0.1, 0.15) is 24.4 Å². The van der Waals surface area contributed by atoms with Crippen LogP contribution in [0.15, 0.2) is 84.9 Å². The molecule has 0 aliphatic rings. The van der Waals surface area contributed by atoms with E-state index in [1.165, 1.54) is 34.8 Å². The molecule has 13 heteroatoms. The molecule has 11 nitrogen and oxygen atoms in total. The van der Waals surface area contributed by atoms with Crippen LogP contribution in [0.3, 0.4) is 0 Å². The van der Waals surface area contributed by atoms with Gasteiger partial charge in [0.05, 0.1) is 9.75 Å². The summed E-state index contributed by atoms with van der Waals surface area (Å²) in [7, 11) is 0. The van der Waals surface area contributed by atoms with Gasteiger partial charge in [-0.2, -0.15) is 0 Å². The van der Waals surface area contributed by atoms with Crippen molar-refractivity contribution in [3.05, 3.63) is 100 Å². The molecule has 0 saturated heterocycles. The number of hydrogen-bond acceptors (Lipinski definition) is 8. The zero-order chi connectivity index (χ0) is 31.9. The summed E-state index contributed by atoms with van der Waals surface area (Å²) in [6, 6.07) is 22.0. The van der Waals surface area contributed by atoms with Gasteiger partial charge in [-0.05, 0) is 52.7 Å². The summed E-state index contributed by atoms with van der Waals surface area (Å²) in [5, 5.41) is 30.7. The molecule has 3 aromatic carbocycles. The maximum atomic E-state index is 13.5. The highest BCUT2D eigenvalue weighted by Crippen LogP contribution is 2.26. The smallest absolute Gasteiger partial charge is 0.322 e. The average Bonchev–Trinajstić information content (AvgIpc) is 3.67. The molecule has 0 radical (unpaired) electrons. The van der Waals surface area contributed by atoms with Crippen molar-refractivity contribution in [3.8, 4) is 5.75 Å². The number of carboxylic acids is 1. The molecule has 0 saturated carbocycles. The van der Waals surface area contributed by atoms with Crippen LogP contribution in [0.2, 0.25) is 0 Å². The van der Waals surface area contributed by atoms with E-state index in [4.69, 9.17) is 5.11 Å². The fourth-order valence-electron chi connectivity index (χ4n) is 4.54. The molecule has 0 bridgehead atoms. The molecular formula is C32H28N4O7S2. The number of phenols is 1. The van der Waals surface area contributed by atoms with E-state index in [9.17, 15) is 29.1 Å². The van der Waals surface area contributed by atoms with Gasteiger partial charge in [-0.1, -0.05) is 48.5 Å². The summed E-state index contributed by atoms with van der Waals surface area (Å²) in [6.45, 7) is -1.07. The molecule has 0 aliphatic carbocycles. The Bertz CT molecular complexity index is 1820. The van der Waals surface area contributed by atoms with Gasteiger partial charge in [0.25, 0.3) is 11.8 Å². The molecule has 230 valence electrons. The van der Waals surface area contributed by atoms with E-state index < -0.39 is 48.2 Å². The molecule has 5 rings (SSSR count). The number of carbonyl (C=O) groups excluding carboxylic acids is 4. The molecule has 2 atom stereocenters. The number of carboxylic acid groups (broad SMARTS) is 1. The number of aliphatic carboxylic acids is 1. The summed E-state index contributed by atoms with van der Waals surface area (Å²) < 4.78 is 1.78. The molecule has 2 aromatic heterocycles. The summed E-state index contributed by atoms with van der Waals surface area (Å²) in [6.07, 6.45) is 0.0623. The Balaban J connectivity index is 1.32. The first kappa shape index (κ1) is 31.2. The van der Waals surface area contributed by atoms with Crippen molar-refractivity contribution in [2.75, 3.05) is 13.1 Å². The van der Waals surface area contributed by atoms with Crippen molar-refractivity contribution in [2.24, 2.45) is 0 Å². The minimum atomic E-state index is -1.32. The van der Waals surface area contributed by atoms with Gasteiger partial charge >= 0.3 is 5.97 Å². The predicted molar refractivity (Wildman–Crippen MR) is 172 cm³/mol. The second-order valence-corrected chi connectivity index (χ2v) is 12.2. The maximum absolute atomic E-state index is 13.5. The van der Waals surface area contributed by atoms with Gasteiger partial charge in [-0.25, -0.2) is 0 Å². The molecule has 45 heavy (non-hydrogen) atoms. The first-order valence-corrected chi connectivity index (χ1v) is 15.4. The van der Waals surface area contributed by atoms with Crippen LogP contribution in [0.25, 0.3) is 20.2 Å². The highest BCUT2D eigenvalue weighted by atomic mass is 32.1. The van der Waals surface area contributed by atoms with Crippen LogP contribution in [0, 0.1) is 0 Å². The monoisotopic (exact) mass is 644 g/mol. The van der Waals surface area contributed by atoms with Crippen molar-refractivity contribution >= 4 is 72.4 Å². The maximum Gasteiger partial charge on any atom is 0.322 e. The number of thiophene rings is 2. The molecule has 0 aliphatic heterocycles. The number of rotatable bonds is 12. The van der Waals surface area contributed by atoms with Gasteiger partial charge in [0.15, 0.2) is 0 Å². The third kappa shape index (κ3) is 8.02. The van der Waals surface area contributed by atoms with Crippen LogP contribution in [0.1, 0.15) is 24.9 Å². The second kappa shape index (κ2) is 14.0. The number of phenolic OH excluding ortho intramolecular Hbond substituents is 1. The van der Waals surface area contributed by atoms with E-state index in [-0.39, 0.29) is 18.7 Å². The Morgan fingerprint density at radius 1 is 0.667 bits per heavy atom. The summed E-state index contributed by atoms with van der Waals surface area (Å²) in [5.41, 5.74) is 0.651. The highest BCUT2D eigenvalue weighted by Gasteiger charge is 2.27. The predicted octanol–water partition coefficient (Wildman–Crippen LogP) is 3.28. The Labute approximate surface area is 264 Å². The van der Waals surface area contributed by atoms with Crippen molar-refractivity contribution < 1.29 is 34.2 Å². The first-order chi connectivity index (χ1) is 21.7. The topological polar surface area (TPSA) is 174 Å². The second-order valence-electron chi connectivity index (χ2n) is 10.1. The van der Waals surface area contributed by atoms with Gasteiger partial charge in [-0.15, -0.1) is 22.7 Å². The number of aromatic hydroxyl groups is 1. The molecule has 1 unspecified atom stereocenters. The summed E-state index contributed by atoms with van der Waals surface area (Å²) in [5.74, 6) is -3.72. The SMILES string of the molecule is O=C(O)CNC(=O)C(CNC(=O)[C@@H](Cc1ccc(O)cc1)NC(=O)c1cc2ccccc2s1)NC(=O)c1cc2ccccc2s1. The van der Waals surface area contributed by atoms with Gasteiger partial charge < -0.3 is 31.5 Å². The van der Waals surface area contributed by atoms with Gasteiger partial charge in [0, 0.05) is 22.4 Å². The lowest BCUT2D eigenvalue weighted by Gasteiger charge is -2.22. The molecule has 0 fully saturated rings. The summed E-state index contributed by atoms with van der Waals surface area (Å²) >= 11 is 2.50. The number of hydrogen-bond donors (Lipinski definition) is 6. The minimum Gasteiger partial charge on any atom is -0.508 e. The molecule has 0 spiro atoms. The quantitative estimate of drug-likeness (QED) is 0.121. The highest BCUT2D eigenvalue weighted by molar-refractivity contribution is 7.21. The van der Waals surface area contributed by atoms with E-state index in [1.54, 1.807) is 24.3 Å². The van der Waals surface area contributed by atoms with Gasteiger partial charge in [0.2, 0.25) is 11.8 Å². The largest absolute Gasteiger partial charge is 0.508 e. The number of nitrogens with one attached hydrogen (secondary N) is 4. The summed E-state index contributed by atoms with van der Waals surface area (Å²) in [4.78, 5) is 64.6. The van der Waals surface area contributed by atoms with Crippen LogP contribution in [0.4, 0.5) is 0 Å². The van der Waals surface area contributed by atoms with Crippen LogP contribution in [-0.2, 0) is 20.8 Å². The number of benzene rings is 3. The van der Waals surface area contributed by atoms with E-state index >= 15 is 0 Å². The zero-order valence-corrected chi connectivity index (χ0v) is 25.2. The lowest BCUT2D eigenvalue weighted by atomic mass is 10.0. The zero-order valence-electron chi connectivity index (χ0n) is 23.6. The Kier molecular flexibility index (Phi) is 9.70. The third-order valence-electron chi connectivity index (χ3n) is 6.81. The van der Waals surface area contributed by atoms with E-state index in [0.29, 0.717) is 15.3 Å². The minimum absolute atomic E-state index is 0.0404. The molecule has 6 N–H and O–H groups in total. The van der Waals surface area contributed by atoms with Crippen molar-refractivity contribution in [1.82, 2.24) is 21.3 Å². The van der Waals surface area contributed by atoms with Crippen molar-refractivity contribution in [2.45, 2.75) is 18.5 Å². The molecule has 5 aromatic rings. The number of carbonyl (C=O) groups is 5. The Morgan fingerprint density at radius 2 is 1.18 bits per heavy atom. The third-order valence-corrected chi connectivity index (χ3v) is 9.04. The number of amides is 4. The van der Waals surface area contributed by atoms with Crippen LogP contribution in [0.5, 0.6) is 5.75 Å². The molecular weight excluding hydrogens is 617 g/mol. The Morgan fingerprint density at radius 3 is 1.71 bits per heavy atom. The lowest BCUT2D eigenvalue weighted by Crippen LogP contribution is -2.56. The fraction of sp³-hybridized carbons (Fsp3) is 0.156. The van der Waals surface area contributed by atoms with Crippen LogP contribution in [-0.4, -0.2) is 65.0 Å². The molecule has 2 heterocycles. The fourth-order valence-corrected chi connectivity index (χ4v) is 6.48. The Hall–Kier alpha value is -5.27.